The minimum atomic E-state index is 0.367. The summed E-state index contributed by atoms with van der Waals surface area (Å²) in [5.41, 5.74) is 2.26. The van der Waals surface area contributed by atoms with Crippen LogP contribution in [0.5, 0.6) is 0 Å². The van der Waals surface area contributed by atoms with Crippen molar-refractivity contribution in [2.45, 2.75) is 20.5 Å². The third-order valence-corrected chi connectivity index (χ3v) is 3.09. The van der Waals surface area contributed by atoms with Gasteiger partial charge in [0.15, 0.2) is 5.82 Å². The normalized spacial score (nSPS) is 10.6. The molecule has 0 spiro atoms. The number of hydrogen-bond donors (Lipinski definition) is 0. The van der Waals surface area contributed by atoms with Gasteiger partial charge in [-0.25, -0.2) is 9.97 Å². The lowest BCUT2D eigenvalue weighted by molar-refractivity contribution is 0.128. The van der Waals surface area contributed by atoms with Gasteiger partial charge in [0.2, 0.25) is 0 Å². The van der Waals surface area contributed by atoms with Gasteiger partial charge in [-0.15, -0.1) is 0 Å². The number of hydrogen-bond acceptors (Lipinski definition) is 4. The number of rotatable bonds is 5. The Hall–Kier alpha value is -1.65. The summed E-state index contributed by atoms with van der Waals surface area (Å²) in [7, 11) is 1.96. The summed E-state index contributed by atoms with van der Waals surface area (Å²) in [6, 6.07) is 9.96. The lowest BCUT2D eigenvalue weighted by atomic mass is 10.2. The molecule has 0 aliphatic carbocycles. The Balaban J connectivity index is 2.29. The van der Waals surface area contributed by atoms with Crippen molar-refractivity contribution in [3.8, 4) is 0 Å². The smallest absolute Gasteiger partial charge is 0.158 e. The Morgan fingerprint density at radius 1 is 1.25 bits per heavy atom. The molecular formula is C15H18ClN3O. The summed E-state index contributed by atoms with van der Waals surface area (Å²) < 4.78 is 5.33. The number of aromatic nitrogens is 2. The van der Waals surface area contributed by atoms with Gasteiger partial charge in [0.1, 0.15) is 17.6 Å². The van der Waals surface area contributed by atoms with Crippen LogP contribution in [0.4, 0.5) is 11.5 Å². The van der Waals surface area contributed by atoms with E-state index in [0.717, 1.165) is 11.5 Å². The van der Waals surface area contributed by atoms with Crippen molar-refractivity contribution in [3.05, 3.63) is 46.9 Å². The molecule has 2 aromatic rings. The molecule has 2 rings (SSSR count). The Morgan fingerprint density at radius 3 is 2.75 bits per heavy atom. The van der Waals surface area contributed by atoms with Crippen molar-refractivity contribution in [2.75, 3.05) is 18.6 Å². The van der Waals surface area contributed by atoms with Crippen molar-refractivity contribution >= 4 is 23.1 Å². The standard InChI is InChI=1S/C15H18ClN3O/c1-4-20-10-14-17-13(16)9-15(18-14)19(3)12-7-5-6-11(2)8-12/h5-9H,4,10H2,1-3H3. The van der Waals surface area contributed by atoms with Crippen LogP contribution in [-0.2, 0) is 11.3 Å². The fourth-order valence-corrected chi connectivity index (χ4v) is 2.05. The van der Waals surface area contributed by atoms with Crippen LogP contribution in [0.3, 0.4) is 0 Å². The molecule has 1 heterocycles. The molecule has 0 saturated heterocycles. The first-order valence-electron chi connectivity index (χ1n) is 6.51. The van der Waals surface area contributed by atoms with E-state index in [-0.39, 0.29) is 0 Å². The molecule has 0 amide bonds. The molecule has 0 radical (unpaired) electrons. The average molecular weight is 292 g/mol. The van der Waals surface area contributed by atoms with E-state index in [1.165, 1.54) is 5.56 Å². The second kappa shape index (κ2) is 6.68. The molecule has 1 aromatic carbocycles. The van der Waals surface area contributed by atoms with Gasteiger partial charge in [-0.3, -0.25) is 0 Å². The van der Waals surface area contributed by atoms with Gasteiger partial charge in [-0.1, -0.05) is 23.7 Å². The van der Waals surface area contributed by atoms with Gasteiger partial charge in [0.25, 0.3) is 0 Å². The molecular weight excluding hydrogens is 274 g/mol. The molecule has 0 aliphatic rings. The number of benzene rings is 1. The van der Waals surface area contributed by atoms with E-state index in [1.807, 2.05) is 31.0 Å². The van der Waals surface area contributed by atoms with Crippen LogP contribution < -0.4 is 4.90 Å². The van der Waals surface area contributed by atoms with Gasteiger partial charge >= 0.3 is 0 Å². The van der Waals surface area contributed by atoms with Crippen molar-refractivity contribution < 1.29 is 4.74 Å². The Morgan fingerprint density at radius 2 is 2.05 bits per heavy atom. The van der Waals surface area contributed by atoms with Crippen molar-refractivity contribution in [1.29, 1.82) is 0 Å². The zero-order valence-electron chi connectivity index (χ0n) is 11.9. The molecule has 1 aromatic heterocycles. The maximum absolute atomic E-state index is 6.06. The predicted octanol–water partition coefficient (Wildman–Crippen LogP) is 3.74. The van der Waals surface area contributed by atoms with Gasteiger partial charge in [0.05, 0.1) is 0 Å². The monoisotopic (exact) mass is 291 g/mol. The SMILES string of the molecule is CCOCc1nc(Cl)cc(N(C)c2cccc(C)c2)n1. The summed E-state index contributed by atoms with van der Waals surface area (Å²) in [5, 5.41) is 0.421. The Bertz CT molecular complexity index is 589. The topological polar surface area (TPSA) is 38.2 Å². The van der Waals surface area contributed by atoms with Crippen LogP contribution in [0, 0.1) is 6.92 Å². The number of ether oxygens (including phenoxy) is 1. The average Bonchev–Trinajstić information content (AvgIpc) is 2.43. The third-order valence-electron chi connectivity index (χ3n) is 2.90. The molecule has 20 heavy (non-hydrogen) atoms. The summed E-state index contributed by atoms with van der Waals surface area (Å²) in [5.74, 6) is 1.35. The second-order valence-corrected chi connectivity index (χ2v) is 4.89. The molecule has 0 fully saturated rings. The molecule has 106 valence electrons. The molecule has 0 saturated carbocycles. The maximum Gasteiger partial charge on any atom is 0.158 e. The largest absolute Gasteiger partial charge is 0.374 e. The number of anilines is 2. The first-order valence-corrected chi connectivity index (χ1v) is 6.89. The van der Waals surface area contributed by atoms with E-state index in [1.54, 1.807) is 6.07 Å². The predicted molar refractivity (Wildman–Crippen MR) is 81.6 cm³/mol. The highest BCUT2D eigenvalue weighted by molar-refractivity contribution is 6.29. The molecule has 4 nitrogen and oxygen atoms in total. The number of halogens is 1. The van der Waals surface area contributed by atoms with Crippen LogP contribution >= 0.6 is 11.6 Å². The quantitative estimate of drug-likeness (QED) is 0.787. The summed E-state index contributed by atoms with van der Waals surface area (Å²) in [4.78, 5) is 10.6. The molecule has 0 atom stereocenters. The molecule has 0 bridgehead atoms. The lowest BCUT2D eigenvalue weighted by Crippen LogP contribution is -2.13. The minimum absolute atomic E-state index is 0.367. The fourth-order valence-electron chi connectivity index (χ4n) is 1.85. The minimum Gasteiger partial charge on any atom is -0.374 e. The Kier molecular flexibility index (Phi) is 4.93. The molecule has 0 unspecified atom stereocenters. The third kappa shape index (κ3) is 3.68. The second-order valence-electron chi connectivity index (χ2n) is 4.50. The lowest BCUT2D eigenvalue weighted by Gasteiger charge is -2.19. The highest BCUT2D eigenvalue weighted by Crippen LogP contribution is 2.24. The summed E-state index contributed by atoms with van der Waals surface area (Å²) in [6.45, 7) is 4.99. The van der Waals surface area contributed by atoms with Crippen molar-refractivity contribution in [1.82, 2.24) is 9.97 Å². The highest BCUT2D eigenvalue weighted by atomic mass is 35.5. The zero-order chi connectivity index (χ0) is 14.5. The summed E-state index contributed by atoms with van der Waals surface area (Å²) >= 11 is 6.06. The first kappa shape index (κ1) is 14.8. The van der Waals surface area contributed by atoms with E-state index < -0.39 is 0 Å². The fraction of sp³-hybridized carbons (Fsp3) is 0.333. The van der Waals surface area contributed by atoms with Gasteiger partial charge in [-0.2, -0.15) is 0 Å². The van der Waals surface area contributed by atoms with Crippen LogP contribution in [0.25, 0.3) is 0 Å². The van der Waals surface area contributed by atoms with Gasteiger partial charge in [-0.05, 0) is 31.5 Å². The molecule has 0 N–H and O–H groups in total. The van der Waals surface area contributed by atoms with E-state index in [9.17, 15) is 0 Å². The Labute approximate surface area is 124 Å². The van der Waals surface area contributed by atoms with E-state index >= 15 is 0 Å². The van der Waals surface area contributed by atoms with Crippen LogP contribution in [0.2, 0.25) is 5.15 Å². The van der Waals surface area contributed by atoms with Gasteiger partial charge in [0, 0.05) is 25.4 Å². The highest BCUT2D eigenvalue weighted by Gasteiger charge is 2.09. The van der Waals surface area contributed by atoms with Crippen LogP contribution in [0.1, 0.15) is 18.3 Å². The molecule has 0 aliphatic heterocycles. The van der Waals surface area contributed by atoms with E-state index in [4.69, 9.17) is 16.3 Å². The van der Waals surface area contributed by atoms with Crippen LogP contribution in [0.15, 0.2) is 30.3 Å². The van der Waals surface area contributed by atoms with E-state index in [2.05, 4.69) is 29.0 Å². The van der Waals surface area contributed by atoms with Crippen molar-refractivity contribution in [2.24, 2.45) is 0 Å². The maximum atomic E-state index is 6.06. The van der Waals surface area contributed by atoms with Gasteiger partial charge < -0.3 is 9.64 Å². The number of aryl methyl sites for hydroxylation is 1. The first-order chi connectivity index (χ1) is 9.60. The molecule has 5 heteroatoms. The van der Waals surface area contributed by atoms with Crippen LogP contribution in [-0.4, -0.2) is 23.6 Å². The van der Waals surface area contributed by atoms with E-state index in [0.29, 0.717) is 24.2 Å². The number of nitrogens with zero attached hydrogens (tertiary/aromatic N) is 3. The van der Waals surface area contributed by atoms with Crippen molar-refractivity contribution in [3.63, 3.8) is 0 Å². The summed E-state index contributed by atoms with van der Waals surface area (Å²) in [6.07, 6.45) is 0. The zero-order valence-corrected chi connectivity index (χ0v) is 12.7.